The number of aromatic nitrogens is 1. The van der Waals surface area contributed by atoms with Gasteiger partial charge in [0.15, 0.2) is 10.8 Å². The van der Waals surface area contributed by atoms with Crippen molar-refractivity contribution < 1.29 is 5.11 Å². The highest BCUT2D eigenvalue weighted by Gasteiger charge is 2.18. The van der Waals surface area contributed by atoms with Crippen LogP contribution in [0.25, 0.3) is 11.3 Å². The maximum Gasteiger partial charge on any atom is 0.163 e. The van der Waals surface area contributed by atoms with Gasteiger partial charge in [-0.1, -0.05) is 34.2 Å². The lowest BCUT2D eigenvalue weighted by molar-refractivity contribution is 0.477. The Morgan fingerprint density at radius 2 is 2.17 bits per heavy atom. The minimum absolute atomic E-state index is 0.0304. The number of aliphatic imine (C=N–C) groups is 1. The average Bonchev–Trinajstić information content (AvgIpc) is 2.97. The number of hydrogen-bond donors (Lipinski definition) is 2. The number of amidine groups is 1. The standard InChI is InChI=1S/C17H12BrN3OS/c18-10-5-6-15(22)13(7-10)14-9-23-17(21-14)16-19-11-3-1-2-4-12(8-11)20-16/h1-9,11,22H,(H,19,20). The minimum atomic E-state index is 0.0304. The molecule has 1 aromatic carbocycles. The fourth-order valence-electron chi connectivity index (χ4n) is 2.44. The predicted molar refractivity (Wildman–Crippen MR) is 96.7 cm³/mol. The van der Waals surface area contributed by atoms with Crippen molar-refractivity contribution in [2.75, 3.05) is 0 Å². The largest absolute Gasteiger partial charge is 0.507 e. The van der Waals surface area contributed by atoms with Crippen molar-refractivity contribution >= 4 is 33.1 Å². The Hall–Kier alpha value is -2.18. The fraction of sp³-hybridized carbons (Fsp3) is 0.0588. The summed E-state index contributed by atoms with van der Waals surface area (Å²) in [5, 5.41) is 16.1. The molecule has 2 N–H and O–H groups in total. The van der Waals surface area contributed by atoms with Crippen LogP contribution in [0.2, 0.25) is 0 Å². The SMILES string of the molecule is Oc1ccc(Br)cc1-c1csc(C2=NC3C=CC=CC(=C3)N2)n1. The first-order chi connectivity index (χ1) is 11.2. The van der Waals surface area contributed by atoms with Gasteiger partial charge in [-0.3, -0.25) is 4.99 Å². The van der Waals surface area contributed by atoms with Crippen molar-refractivity contribution in [2.45, 2.75) is 6.04 Å². The Morgan fingerprint density at radius 1 is 1.26 bits per heavy atom. The highest BCUT2D eigenvalue weighted by molar-refractivity contribution is 9.10. The van der Waals surface area contributed by atoms with Gasteiger partial charge >= 0.3 is 0 Å². The number of aromatic hydroxyl groups is 1. The van der Waals surface area contributed by atoms with Crippen LogP contribution in [0.3, 0.4) is 0 Å². The summed E-state index contributed by atoms with van der Waals surface area (Å²) in [6.45, 7) is 0. The molecule has 4 nitrogen and oxygen atoms in total. The van der Waals surface area contributed by atoms with E-state index in [2.05, 4.69) is 37.3 Å². The van der Waals surface area contributed by atoms with E-state index in [-0.39, 0.29) is 11.8 Å². The summed E-state index contributed by atoms with van der Waals surface area (Å²) < 4.78 is 0.902. The lowest BCUT2D eigenvalue weighted by Gasteiger charge is -2.16. The molecule has 2 aliphatic rings. The van der Waals surface area contributed by atoms with Crippen LogP contribution in [0, 0.1) is 0 Å². The summed E-state index contributed by atoms with van der Waals surface area (Å²) in [6.07, 6.45) is 10.1. The molecule has 1 aliphatic heterocycles. The topological polar surface area (TPSA) is 57.5 Å². The van der Waals surface area contributed by atoms with Crippen molar-refractivity contribution in [1.29, 1.82) is 0 Å². The van der Waals surface area contributed by atoms with Crippen LogP contribution in [0.15, 0.2) is 69.1 Å². The van der Waals surface area contributed by atoms with Gasteiger partial charge in [0.2, 0.25) is 0 Å². The van der Waals surface area contributed by atoms with Gasteiger partial charge in [-0.2, -0.15) is 0 Å². The maximum atomic E-state index is 10.0. The van der Waals surface area contributed by atoms with Crippen LogP contribution in [0.4, 0.5) is 0 Å². The van der Waals surface area contributed by atoms with E-state index in [1.54, 1.807) is 12.1 Å². The van der Waals surface area contributed by atoms with Gasteiger partial charge in [0.25, 0.3) is 0 Å². The van der Waals surface area contributed by atoms with Crippen LogP contribution < -0.4 is 5.32 Å². The molecule has 0 amide bonds. The molecule has 1 aliphatic carbocycles. The smallest absolute Gasteiger partial charge is 0.163 e. The van der Waals surface area contributed by atoms with E-state index in [0.29, 0.717) is 5.56 Å². The zero-order chi connectivity index (χ0) is 15.8. The molecule has 6 heteroatoms. The van der Waals surface area contributed by atoms with Gasteiger partial charge in [0.05, 0.1) is 11.7 Å². The number of benzene rings is 1. The second-order valence-electron chi connectivity index (χ2n) is 5.16. The van der Waals surface area contributed by atoms with Crippen molar-refractivity contribution in [2.24, 2.45) is 4.99 Å². The lowest BCUT2D eigenvalue weighted by Crippen LogP contribution is -2.28. The van der Waals surface area contributed by atoms with E-state index < -0.39 is 0 Å². The molecular weight excluding hydrogens is 374 g/mol. The number of phenols is 1. The number of thiazole rings is 1. The molecule has 4 rings (SSSR count). The third kappa shape index (κ3) is 2.87. The van der Waals surface area contributed by atoms with E-state index in [1.165, 1.54) is 11.3 Å². The molecule has 1 atom stereocenters. The predicted octanol–water partition coefficient (Wildman–Crippen LogP) is 4.01. The monoisotopic (exact) mass is 385 g/mol. The summed E-state index contributed by atoms with van der Waals surface area (Å²) >= 11 is 4.93. The van der Waals surface area contributed by atoms with Gasteiger partial charge < -0.3 is 10.4 Å². The second-order valence-corrected chi connectivity index (χ2v) is 6.93. The minimum Gasteiger partial charge on any atom is -0.507 e. The van der Waals surface area contributed by atoms with Gasteiger partial charge in [0.1, 0.15) is 5.75 Å². The molecule has 23 heavy (non-hydrogen) atoms. The summed E-state index contributed by atoms with van der Waals surface area (Å²) in [4.78, 5) is 9.29. The van der Waals surface area contributed by atoms with Crippen LogP contribution in [-0.4, -0.2) is 22.0 Å². The second kappa shape index (κ2) is 5.79. The third-order valence-corrected chi connectivity index (χ3v) is 4.87. The number of fused-ring (bicyclic) bond motifs is 1. The van der Waals surface area contributed by atoms with Crippen LogP contribution in [-0.2, 0) is 0 Å². The fourth-order valence-corrected chi connectivity index (χ4v) is 3.57. The van der Waals surface area contributed by atoms with Crippen molar-refractivity contribution in [3.05, 3.63) is 69.1 Å². The summed E-state index contributed by atoms with van der Waals surface area (Å²) in [5.41, 5.74) is 2.46. The Bertz CT molecular complexity index is 895. The van der Waals surface area contributed by atoms with Crippen LogP contribution in [0.1, 0.15) is 5.01 Å². The van der Waals surface area contributed by atoms with Crippen LogP contribution in [0.5, 0.6) is 5.75 Å². The van der Waals surface area contributed by atoms with E-state index in [0.717, 1.165) is 26.7 Å². The molecule has 114 valence electrons. The Kier molecular flexibility index (Phi) is 3.63. The van der Waals surface area contributed by atoms with Gasteiger partial charge in [-0.15, -0.1) is 11.3 Å². The molecule has 0 fully saturated rings. The highest BCUT2D eigenvalue weighted by atomic mass is 79.9. The lowest BCUT2D eigenvalue weighted by atomic mass is 10.1. The summed E-state index contributed by atoms with van der Waals surface area (Å²) in [6, 6.07) is 5.35. The molecular formula is C17H12BrN3OS. The van der Waals surface area contributed by atoms with Crippen molar-refractivity contribution in [3.63, 3.8) is 0 Å². The number of allylic oxidation sites excluding steroid dienone is 3. The van der Waals surface area contributed by atoms with Gasteiger partial charge in [-0.25, -0.2) is 4.98 Å². The number of phenolic OH excluding ortho intramolecular Hbond substituents is 1. The first kappa shape index (κ1) is 14.4. The van der Waals surface area contributed by atoms with Crippen LogP contribution >= 0.6 is 27.3 Å². The van der Waals surface area contributed by atoms with Crippen molar-refractivity contribution in [1.82, 2.24) is 10.3 Å². The van der Waals surface area contributed by atoms with E-state index >= 15 is 0 Å². The number of nitrogens with one attached hydrogen (secondary N) is 1. The number of halogens is 1. The third-order valence-electron chi connectivity index (χ3n) is 3.53. The van der Waals surface area contributed by atoms with Crippen molar-refractivity contribution in [3.8, 4) is 17.0 Å². The maximum absolute atomic E-state index is 10.0. The highest BCUT2D eigenvalue weighted by Crippen LogP contribution is 2.32. The molecule has 0 saturated heterocycles. The van der Waals surface area contributed by atoms with E-state index in [1.807, 2.05) is 35.8 Å². The zero-order valence-electron chi connectivity index (χ0n) is 11.9. The van der Waals surface area contributed by atoms with Gasteiger partial charge in [-0.05, 0) is 30.4 Å². The molecule has 2 bridgehead atoms. The zero-order valence-corrected chi connectivity index (χ0v) is 14.3. The first-order valence-electron chi connectivity index (χ1n) is 7.05. The first-order valence-corrected chi connectivity index (χ1v) is 8.72. The molecule has 0 radical (unpaired) electrons. The molecule has 0 spiro atoms. The number of nitrogens with zero attached hydrogens (tertiary/aromatic N) is 2. The number of rotatable bonds is 2. The van der Waals surface area contributed by atoms with E-state index in [9.17, 15) is 5.11 Å². The number of hydrogen-bond acceptors (Lipinski definition) is 5. The molecule has 0 saturated carbocycles. The Balaban J connectivity index is 1.69. The molecule has 1 aromatic heterocycles. The normalized spacial score (nSPS) is 18.9. The van der Waals surface area contributed by atoms with E-state index in [4.69, 9.17) is 0 Å². The Labute approximate surface area is 145 Å². The molecule has 1 unspecified atom stereocenters. The Morgan fingerprint density at radius 3 is 3.09 bits per heavy atom. The summed E-state index contributed by atoms with van der Waals surface area (Å²) in [7, 11) is 0. The molecule has 2 aromatic rings. The average molecular weight is 386 g/mol. The van der Waals surface area contributed by atoms with Gasteiger partial charge in [0, 0.05) is 21.1 Å². The quantitative estimate of drug-likeness (QED) is 0.820. The molecule has 2 heterocycles. The summed E-state index contributed by atoms with van der Waals surface area (Å²) in [5.74, 6) is 0.972.